The third kappa shape index (κ3) is 4.46. The molecule has 14 heavy (non-hydrogen) atoms. The second-order valence-corrected chi connectivity index (χ2v) is 4.65. The van der Waals surface area contributed by atoms with E-state index < -0.39 is 0 Å². The summed E-state index contributed by atoms with van der Waals surface area (Å²) < 4.78 is 0. The van der Waals surface area contributed by atoms with E-state index in [0.717, 1.165) is 26.2 Å². The minimum absolute atomic E-state index is 0.230. The third-order valence-electron chi connectivity index (χ3n) is 2.28. The van der Waals surface area contributed by atoms with Crippen LogP contribution in [0.4, 0.5) is 0 Å². The van der Waals surface area contributed by atoms with E-state index in [4.69, 9.17) is 5.11 Å². The highest BCUT2D eigenvalue weighted by Gasteiger charge is 2.15. The number of nitrogens with one attached hydrogen (secondary N) is 1. The van der Waals surface area contributed by atoms with Crippen LogP contribution < -0.4 is 5.32 Å². The van der Waals surface area contributed by atoms with Crippen molar-refractivity contribution in [3.05, 3.63) is 12.7 Å². The standard InChI is InChI=1S/C10H20N2OS/c1-2-4-12(5-6-13)8-10-9-14-7-3-11-10/h2,10-11,13H,1,3-9H2. The first-order valence-electron chi connectivity index (χ1n) is 5.12. The second-order valence-electron chi connectivity index (χ2n) is 3.50. The molecule has 0 aromatic heterocycles. The van der Waals surface area contributed by atoms with Gasteiger partial charge < -0.3 is 10.4 Å². The van der Waals surface area contributed by atoms with Crippen LogP contribution in [0, 0.1) is 0 Å². The molecule has 82 valence electrons. The zero-order valence-electron chi connectivity index (χ0n) is 8.61. The molecule has 1 atom stereocenters. The third-order valence-corrected chi connectivity index (χ3v) is 3.41. The Balaban J connectivity index is 2.25. The van der Waals surface area contributed by atoms with Gasteiger partial charge in [0.05, 0.1) is 6.61 Å². The topological polar surface area (TPSA) is 35.5 Å². The van der Waals surface area contributed by atoms with E-state index in [9.17, 15) is 0 Å². The lowest BCUT2D eigenvalue weighted by Crippen LogP contribution is -2.46. The van der Waals surface area contributed by atoms with E-state index in [1.165, 1.54) is 11.5 Å². The van der Waals surface area contributed by atoms with E-state index >= 15 is 0 Å². The molecule has 0 aliphatic carbocycles. The molecular formula is C10H20N2OS. The minimum atomic E-state index is 0.230. The Bertz CT molecular complexity index is 160. The van der Waals surface area contributed by atoms with Crippen LogP contribution in [0.5, 0.6) is 0 Å². The van der Waals surface area contributed by atoms with E-state index in [1.54, 1.807) is 0 Å². The van der Waals surface area contributed by atoms with E-state index in [-0.39, 0.29) is 6.61 Å². The van der Waals surface area contributed by atoms with Gasteiger partial charge in [-0.15, -0.1) is 6.58 Å². The zero-order valence-corrected chi connectivity index (χ0v) is 9.43. The number of rotatable bonds is 6. The smallest absolute Gasteiger partial charge is 0.0558 e. The largest absolute Gasteiger partial charge is 0.395 e. The summed E-state index contributed by atoms with van der Waals surface area (Å²) in [6.45, 7) is 7.69. The number of aliphatic hydroxyl groups excluding tert-OH is 1. The average molecular weight is 216 g/mol. The summed E-state index contributed by atoms with van der Waals surface area (Å²) in [4.78, 5) is 2.23. The maximum absolute atomic E-state index is 8.89. The summed E-state index contributed by atoms with van der Waals surface area (Å²) in [5, 5.41) is 12.4. The van der Waals surface area contributed by atoms with Gasteiger partial charge in [0.25, 0.3) is 0 Å². The highest BCUT2D eigenvalue weighted by molar-refractivity contribution is 7.99. The van der Waals surface area contributed by atoms with Gasteiger partial charge in [-0.1, -0.05) is 6.08 Å². The van der Waals surface area contributed by atoms with Gasteiger partial charge in [0.2, 0.25) is 0 Å². The second kappa shape index (κ2) is 7.29. The molecule has 1 unspecified atom stereocenters. The molecule has 0 aromatic carbocycles. The normalized spacial score (nSPS) is 22.6. The molecule has 0 spiro atoms. The molecule has 1 aliphatic rings. The van der Waals surface area contributed by atoms with Crippen molar-refractivity contribution in [2.24, 2.45) is 0 Å². The molecule has 0 aromatic rings. The van der Waals surface area contributed by atoms with Crippen LogP contribution in [-0.4, -0.2) is 60.3 Å². The lowest BCUT2D eigenvalue weighted by molar-refractivity contribution is 0.198. The first-order chi connectivity index (χ1) is 6.86. The van der Waals surface area contributed by atoms with Gasteiger partial charge in [0.1, 0.15) is 0 Å². The van der Waals surface area contributed by atoms with Crippen LogP contribution in [0.2, 0.25) is 0 Å². The van der Waals surface area contributed by atoms with E-state index in [0.29, 0.717) is 6.04 Å². The predicted molar refractivity (Wildman–Crippen MR) is 62.8 cm³/mol. The Hall–Kier alpha value is -0.0300. The molecule has 1 heterocycles. The molecule has 1 rings (SSSR count). The molecule has 0 bridgehead atoms. The van der Waals surface area contributed by atoms with E-state index in [2.05, 4.69) is 16.8 Å². The quantitative estimate of drug-likeness (QED) is 0.621. The molecule has 1 fully saturated rings. The van der Waals surface area contributed by atoms with Crippen molar-refractivity contribution in [2.75, 3.05) is 44.3 Å². The molecule has 0 amide bonds. The predicted octanol–water partition coefficient (Wildman–Crippen LogP) is 0.172. The van der Waals surface area contributed by atoms with Crippen molar-refractivity contribution < 1.29 is 5.11 Å². The van der Waals surface area contributed by atoms with Crippen molar-refractivity contribution in [2.45, 2.75) is 6.04 Å². The molecule has 1 aliphatic heterocycles. The van der Waals surface area contributed by atoms with Gasteiger partial charge in [-0.3, -0.25) is 4.90 Å². The van der Waals surface area contributed by atoms with Crippen molar-refractivity contribution in [1.82, 2.24) is 10.2 Å². The average Bonchev–Trinajstić information content (AvgIpc) is 2.20. The molecule has 3 nitrogen and oxygen atoms in total. The van der Waals surface area contributed by atoms with Crippen LogP contribution in [0.3, 0.4) is 0 Å². The Kier molecular flexibility index (Phi) is 6.27. The van der Waals surface area contributed by atoms with Crippen LogP contribution in [0.15, 0.2) is 12.7 Å². The Morgan fingerprint density at radius 2 is 2.50 bits per heavy atom. The van der Waals surface area contributed by atoms with Gasteiger partial charge in [-0.25, -0.2) is 0 Å². The van der Waals surface area contributed by atoms with Gasteiger partial charge >= 0.3 is 0 Å². The summed E-state index contributed by atoms with van der Waals surface area (Å²) in [5.41, 5.74) is 0. The maximum Gasteiger partial charge on any atom is 0.0558 e. The summed E-state index contributed by atoms with van der Waals surface area (Å²) in [5.74, 6) is 2.40. The molecule has 0 radical (unpaired) electrons. The van der Waals surface area contributed by atoms with Crippen molar-refractivity contribution in [3.8, 4) is 0 Å². The lowest BCUT2D eigenvalue weighted by atomic mass is 10.3. The molecule has 0 saturated carbocycles. The van der Waals surface area contributed by atoms with Crippen molar-refractivity contribution in [1.29, 1.82) is 0 Å². The summed E-state index contributed by atoms with van der Waals surface area (Å²) in [6.07, 6.45) is 1.89. The SMILES string of the molecule is C=CCN(CCO)CC1CSCCN1. The first kappa shape index (κ1) is 12.0. The highest BCUT2D eigenvalue weighted by Crippen LogP contribution is 2.08. The summed E-state index contributed by atoms with van der Waals surface area (Å²) in [6, 6.07) is 0.570. The summed E-state index contributed by atoms with van der Waals surface area (Å²) >= 11 is 2.00. The fraction of sp³-hybridized carbons (Fsp3) is 0.800. The molecule has 4 heteroatoms. The Labute approximate surface area is 90.6 Å². The number of hydrogen-bond donors (Lipinski definition) is 2. The fourth-order valence-electron chi connectivity index (χ4n) is 1.63. The van der Waals surface area contributed by atoms with Crippen molar-refractivity contribution >= 4 is 11.8 Å². The highest BCUT2D eigenvalue weighted by atomic mass is 32.2. The molecule has 1 saturated heterocycles. The maximum atomic E-state index is 8.89. The molecule has 2 N–H and O–H groups in total. The number of hydrogen-bond acceptors (Lipinski definition) is 4. The number of aliphatic hydroxyl groups is 1. The van der Waals surface area contributed by atoms with Crippen LogP contribution in [-0.2, 0) is 0 Å². The zero-order chi connectivity index (χ0) is 10.2. The monoisotopic (exact) mass is 216 g/mol. The van der Waals surface area contributed by atoms with Gasteiger partial charge in [-0.05, 0) is 0 Å². The van der Waals surface area contributed by atoms with Crippen LogP contribution in [0.25, 0.3) is 0 Å². The van der Waals surface area contributed by atoms with Crippen LogP contribution >= 0.6 is 11.8 Å². The lowest BCUT2D eigenvalue weighted by Gasteiger charge is -2.29. The van der Waals surface area contributed by atoms with Gasteiger partial charge in [0, 0.05) is 43.7 Å². The minimum Gasteiger partial charge on any atom is -0.395 e. The van der Waals surface area contributed by atoms with E-state index in [1.807, 2.05) is 17.8 Å². The van der Waals surface area contributed by atoms with Crippen molar-refractivity contribution in [3.63, 3.8) is 0 Å². The Morgan fingerprint density at radius 3 is 3.07 bits per heavy atom. The van der Waals surface area contributed by atoms with Gasteiger partial charge in [0.15, 0.2) is 0 Å². The fourth-order valence-corrected chi connectivity index (χ4v) is 2.57. The summed E-state index contributed by atoms with van der Waals surface area (Å²) in [7, 11) is 0. The Morgan fingerprint density at radius 1 is 1.64 bits per heavy atom. The number of nitrogens with zero attached hydrogens (tertiary/aromatic N) is 1. The molecular weight excluding hydrogens is 196 g/mol. The van der Waals surface area contributed by atoms with Crippen LogP contribution in [0.1, 0.15) is 0 Å². The number of thioether (sulfide) groups is 1. The van der Waals surface area contributed by atoms with Gasteiger partial charge in [-0.2, -0.15) is 11.8 Å². The first-order valence-corrected chi connectivity index (χ1v) is 6.27.